The summed E-state index contributed by atoms with van der Waals surface area (Å²) in [5.41, 5.74) is 0. The molecule has 0 unspecified atom stereocenters. The molecule has 5 heteroatoms. The molecule has 1 saturated carbocycles. The monoisotopic (exact) mass is 379 g/mol. The lowest BCUT2D eigenvalue weighted by Gasteiger charge is -2.44. The standard InChI is InChI=1S/C22H41N3O2/c1-18(2)24-12-7-20(8-13-24)25(21-9-15-27-16-10-21)14-11-23-22(26)17-19-5-3-4-6-19/h18-21H,3-17H2,1-2H3,(H,23,26). The molecule has 5 nitrogen and oxygen atoms in total. The van der Waals surface area contributed by atoms with Gasteiger partial charge in [0.2, 0.25) is 5.91 Å². The van der Waals surface area contributed by atoms with Gasteiger partial charge in [-0.05, 0) is 71.4 Å². The van der Waals surface area contributed by atoms with Crippen LogP contribution in [-0.2, 0) is 9.53 Å². The number of ether oxygens (including phenoxy) is 1. The average molecular weight is 380 g/mol. The minimum absolute atomic E-state index is 0.267. The Hall–Kier alpha value is -0.650. The summed E-state index contributed by atoms with van der Waals surface area (Å²) in [5, 5.41) is 3.22. The first-order chi connectivity index (χ1) is 13.1. The first-order valence-electron chi connectivity index (χ1n) is 11.5. The van der Waals surface area contributed by atoms with Crippen molar-refractivity contribution < 1.29 is 9.53 Å². The lowest BCUT2D eigenvalue weighted by molar-refractivity contribution is -0.122. The molecular weight excluding hydrogens is 338 g/mol. The fourth-order valence-corrected chi connectivity index (χ4v) is 5.29. The number of rotatable bonds is 8. The third-order valence-corrected chi connectivity index (χ3v) is 7.00. The minimum atomic E-state index is 0.267. The molecule has 1 N–H and O–H groups in total. The lowest BCUT2D eigenvalue weighted by atomic mass is 9.97. The third-order valence-electron chi connectivity index (χ3n) is 7.00. The van der Waals surface area contributed by atoms with E-state index in [1.165, 1.54) is 51.6 Å². The average Bonchev–Trinajstić information content (AvgIpc) is 3.19. The summed E-state index contributed by atoms with van der Waals surface area (Å²) >= 11 is 0. The van der Waals surface area contributed by atoms with E-state index >= 15 is 0 Å². The van der Waals surface area contributed by atoms with E-state index in [2.05, 4.69) is 29.0 Å². The second-order valence-corrected chi connectivity index (χ2v) is 9.15. The van der Waals surface area contributed by atoms with Gasteiger partial charge >= 0.3 is 0 Å². The zero-order valence-electron chi connectivity index (χ0n) is 17.6. The molecule has 0 aromatic heterocycles. The molecule has 2 saturated heterocycles. The largest absolute Gasteiger partial charge is 0.381 e. The Morgan fingerprint density at radius 3 is 2.30 bits per heavy atom. The molecule has 0 atom stereocenters. The van der Waals surface area contributed by atoms with Crippen molar-refractivity contribution in [2.45, 2.75) is 89.8 Å². The van der Waals surface area contributed by atoms with E-state index in [4.69, 9.17) is 4.74 Å². The van der Waals surface area contributed by atoms with Gasteiger partial charge in [-0.2, -0.15) is 0 Å². The molecule has 1 aliphatic carbocycles. The molecule has 0 spiro atoms. The molecule has 27 heavy (non-hydrogen) atoms. The van der Waals surface area contributed by atoms with Crippen LogP contribution in [0.4, 0.5) is 0 Å². The second kappa shape index (κ2) is 10.8. The topological polar surface area (TPSA) is 44.8 Å². The Labute approximate surface area is 166 Å². The SMILES string of the molecule is CC(C)N1CCC(N(CCNC(=O)CC2CCCC2)C2CCOCC2)CC1. The molecule has 0 aromatic rings. The molecule has 2 aliphatic heterocycles. The molecule has 3 fully saturated rings. The number of amides is 1. The Morgan fingerprint density at radius 1 is 1.04 bits per heavy atom. The number of nitrogens with zero attached hydrogens (tertiary/aromatic N) is 2. The quantitative estimate of drug-likeness (QED) is 0.704. The molecule has 0 aromatic carbocycles. The summed E-state index contributed by atoms with van der Waals surface area (Å²) in [6.07, 6.45) is 10.6. The van der Waals surface area contributed by atoms with Crippen molar-refractivity contribution in [3.8, 4) is 0 Å². The van der Waals surface area contributed by atoms with E-state index in [0.717, 1.165) is 45.6 Å². The van der Waals surface area contributed by atoms with Crippen molar-refractivity contribution in [2.75, 3.05) is 39.4 Å². The summed E-state index contributed by atoms with van der Waals surface area (Å²) in [4.78, 5) is 17.6. The van der Waals surface area contributed by atoms with E-state index in [1.54, 1.807) is 0 Å². The Morgan fingerprint density at radius 2 is 1.67 bits per heavy atom. The Bertz CT molecular complexity index is 437. The fraction of sp³-hybridized carbons (Fsp3) is 0.955. The predicted octanol–water partition coefficient (Wildman–Crippen LogP) is 3.04. The highest BCUT2D eigenvalue weighted by Crippen LogP contribution is 2.27. The molecule has 0 radical (unpaired) electrons. The second-order valence-electron chi connectivity index (χ2n) is 9.15. The van der Waals surface area contributed by atoms with Gasteiger partial charge in [0.05, 0.1) is 0 Å². The summed E-state index contributed by atoms with van der Waals surface area (Å²) in [7, 11) is 0. The van der Waals surface area contributed by atoms with Gasteiger partial charge in [0, 0.05) is 50.8 Å². The molecule has 0 bridgehead atoms. The summed E-state index contributed by atoms with van der Waals surface area (Å²) in [5.74, 6) is 0.903. The van der Waals surface area contributed by atoms with Crippen molar-refractivity contribution in [2.24, 2.45) is 5.92 Å². The lowest BCUT2D eigenvalue weighted by Crippen LogP contribution is -2.53. The van der Waals surface area contributed by atoms with Gasteiger partial charge < -0.3 is 15.0 Å². The van der Waals surface area contributed by atoms with E-state index in [-0.39, 0.29) is 5.91 Å². The van der Waals surface area contributed by atoms with Crippen LogP contribution < -0.4 is 5.32 Å². The Balaban J connectivity index is 1.47. The number of piperidine rings is 1. The molecule has 3 aliphatic rings. The summed E-state index contributed by atoms with van der Waals surface area (Å²) in [6, 6.07) is 1.94. The van der Waals surface area contributed by atoms with Crippen LogP contribution in [0, 0.1) is 5.92 Å². The van der Waals surface area contributed by atoms with Crippen LogP contribution in [0.2, 0.25) is 0 Å². The highest BCUT2D eigenvalue weighted by atomic mass is 16.5. The maximum atomic E-state index is 12.3. The van der Waals surface area contributed by atoms with Crippen LogP contribution in [0.5, 0.6) is 0 Å². The van der Waals surface area contributed by atoms with Gasteiger partial charge in [-0.3, -0.25) is 9.69 Å². The van der Waals surface area contributed by atoms with Gasteiger partial charge in [0.25, 0.3) is 0 Å². The van der Waals surface area contributed by atoms with Gasteiger partial charge in [0.1, 0.15) is 0 Å². The van der Waals surface area contributed by atoms with Crippen molar-refractivity contribution in [1.29, 1.82) is 0 Å². The van der Waals surface area contributed by atoms with E-state index in [0.29, 0.717) is 24.0 Å². The molecule has 3 rings (SSSR count). The van der Waals surface area contributed by atoms with E-state index in [1.807, 2.05) is 0 Å². The number of likely N-dealkylation sites (tertiary alicyclic amines) is 1. The molecule has 2 heterocycles. The van der Waals surface area contributed by atoms with Crippen molar-refractivity contribution in [1.82, 2.24) is 15.1 Å². The van der Waals surface area contributed by atoms with Crippen LogP contribution in [0.3, 0.4) is 0 Å². The van der Waals surface area contributed by atoms with Crippen molar-refractivity contribution in [3.63, 3.8) is 0 Å². The highest BCUT2D eigenvalue weighted by molar-refractivity contribution is 5.76. The minimum Gasteiger partial charge on any atom is -0.381 e. The zero-order valence-corrected chi connectivity index (χ0v) is 17.6. The van der Waals surface area contributed by atoms with Gasteiger partial charge in [-0.15, -0.1) is 0 Å². The predicted molar refractivity (Wildman–Crippen MR) is 110 cm³/mol. The first kappa shape index (κ1) is 21.1. The van der Waals surface area contributed by atoms with E-state index in [9.17, 15) is 4.79 Å². The molecule has 1 amide bonds. The van der Waals surface area contributed by atoms with Gasteiger partial charge in [-0.25, -0.2) is 0 Å². The van der Waals surface area contributed by atoms with Crippen molar-refractivity contribution >= 4 is 5.91 Å². The maximum absolute atomic E-state index is 12.3. The van der Waals surface area contributed by atoms with Crippen LogP contribution in [0.1, 0.15) is 71.6 Å². The third kappa shape index (κ3) is 6.43. The number of hydrogen-bond acceptors (Lipinski definition) is 4. The maximum Gasteiger partial charge on any atom is 0.220 e. The van der Waals surface area contributed by atoms with Crippen LogP contribution >= 0.6 is 0 Å². The highest BCUT2D eigenvalue weighted by Gasteiger charge is 2.31. The number of carbonyl (C=O) groups excluding carboxylic acids is 1. The van der Waals surface area contributed by atoms with Crippen LogP contribution in [0.25, 0.3) is 0 Å². The summed E-state index contributed by atoms with van der Waals surface area (Å²) in [6.45, 7) is 10.6. The van der Waals surface area contributed by atoms with E-state index < -0.39 is 0 Å². The normalized spacial score (nSPS) is 24.1. The van der Waals surface area contributed by atoms with Crippen LogP contribution in [-0.4, -0.2) is 73.2 Å². The van der Waals surface area contributed by atoms with Crippen LogP contribution in [0.15, 0.2) is 0 Å². The smallest absolute Gasteiger partial charge is 0.220 e. The zero-order chi connectivity index (χ0) is 19.1. The van der Waals surface area contributed by atoms with Gasteiger partial charge in [-0.1, -0.05) is 12.8 Å². The molecule has 156 valence electrons. The number of carbonyl (C=O) groups is 1. The number of nitrogens with one attached hydrogen (secondary N) is 1. The van der Waals surface area contributed by atoms with Gasteiger partial charge in [0.15, 0.2) is 0 Å². The Kier molecular flexibility index (Phi) is 8.41. The van der Waals surface area contributed by atoms with Crippen molar-refractivity contribution in [3.05, 3.63) is 0 Å². The first-order valence-corrected chi connectivity index (χ1v) is 11.5. The molecular formula is C22H41N3O2. The summed E-state index contributed by atoms with van der Waals surface area (Å²) < 4.78 is 5.60. The fourth-order valence-electron chi connectivity index (χ4n) is 5.29. The number of hydrogen-bond donors (Lipinski definition) is 1.